The highest BCUT2D eigenvalue weighted by molar-refractivity contribution is 6.17. The van der Waals surface area contributed by atoms with Crippen molar-refractivity contribution in [3.8, 4) is 0 Å². The van der Waals surface area contributed by atoms with Gasteiger partial charge in [-0.15, -0.1) is 11.6 Å². The summed E-state index contributed by atoms with van der Waals surface area (Å²) in [5, 5.41) is 0. The van der Waals surface area contributed by atoms with Crippen LogP contribution in [-0.2, 0) is 19.1 Å². The van der Waals surface area contributed by atoms with Crippen LogP contribution < -0.4 is 0 Å². The highest BCUT2D eigenvalue weighted by atomic mass is 35.5. The summed E-state index contributed by atoms with van der Waals surface area (Å²) in [5.41, 5.74) is 0. The van der Waals surface area contributed by atoms with Gasteiger partial charge < -0.3 is 9.47 Å². The fraction of sp³-hybridized carbons (Fsp3) is 0.800. The summed E-state index contributed by atoms with van der Waals surface area (Å²) in [6.07, 6.45) is 1.79. The molecule has 0 amide bonds. The zero-order chi connectivity index (χ0) is 11.7. The van der Waals surface area contributed by atoms with Crippen molar-refractivity contribution in [1.29, 1.82) is 0 Å². The highest BCUT2D eigenvalue weighted by Crippen LogP contribution is 2.08. The molecule has 0 aliphatic carbocycles. The molecule has 0 bridgehead atoms. The van der Waals surface area contributed by atoms with Gasteiger partial charge in [-0.05, 0) is 12.8 Å². The van der Waals surface area contributed by atoms with Crippen molar-refractivity contribution in [2.45, 2.75) is 39.2 Å². The first kappa shape index (κ1) is 14.2. The van der Waals surface area contributed by atoms with Crippen LogP contribution in [0.2, 0.25) is 0 Å². The molecule has 0 aliphatic heterocycles. The second-order valence-electron chi connectivity index (χ2n) is 3.19. The van der Waals surface area contributed by atoms with E-state index in [-0.39, 0.29) is 24.6 Å². The molecule has 0 N–H and O–H groups in total. The predicted octanol–water partition coefficient (Wildman–Crippen LogP) is 1.89. The van der Waals surface area contributed by atoms with Crippen LogP contribution in [0.5, 0.6) is 0 Å². The summed E-state index contributed by atoms with van der Waals surface area (Å²) in [7, 11) is 0. The number of esters is 2. The quantitative estimate of drug-likeness (QED) is 0.500. The van der Waals surface area contributed by atoms with Gasteiger partial charge in [0.05, 0.1) is 6.61 Å². The van der Waals surface area contributed by atoms with Gasteiger partial charge >= 0.3 is 11.9 Å². The molecule has 15 heavy (non-hydrogen) atoms. The van der Waals surface area contributed by atoms with Crippen LogP contribution in [0.15, 0.2) is 0 Å². The van der Waals surface area contributed by atoms with Crippen molar-refractivity contribution in [1.82, 2.24) is 0 Å². The number of carbonyl (C=O) groups is 2. The van der Waals surface area contributed by atoms with E-state index in [4.69, 9.17) is 21.1 Å². The third-order valence-electron chi connectivity index (χ3n) is 1.74. The zero-order valence-electron chi connectivity index (χ0n) is 9.12. The number of ether oxygens (including phenoxy) is 2. The van der Waals surface area contributed by atoms with E-state index in [0.717, 1.165) is 6.42 Å². The molecule has 4 nitrogen and oxygen atoms in total. The molecule has 1 atom stereocenters. The first-order valence-corrected chi connectivity index (χ1v) is 5.46. The molecule has 0 aromatic rings. The molecule has 5 heteroatoms. The maximum atomic E-state index is 10.8. The van der Waals surface area contributed by atoms with Crippen molar-refractivity contribution in [3.63, 3.8) is 0 Å². The topological polar surface area (TPSA) is 52.6 Å². The Labute approximate surface area is 94.9 Å². The molecule has 0 saturated carbocycles. The smallest absolute Gasteiger partial charge is 0.302 e. The lowest BCUT2D eigenvalue weighted by Crippen LogP contribution is -2.19. The van der Waals surface area contributed by atoms with E-state index in [1.165, 1.54) is 13.8 Å². The Balaban J connectivity index is 3.78. The average molecular weight is 237 g/mol. The van der Waals surface area contributed by atoms with Crippen molar-refractivity contribution in [2.75, 3.05) is 12.5 Å². The molecule has 0 radical (unpaired) electrons. The van der Waals surface area contributed by atoms with E-state index < -0.39 is 0 Å². The van der Waals surface area contributed by atoms with Crippen LogP contribution in [0.25, 0.3) is 0 Å². The van der Waals surface area contributed by atoms with E-state index in [9.17, 15) is 9.59 Å². The Morgan fingerprint density at radius 1 is 1.20 bits per heavy atom. The van der Waals surface area contributed by atoms with Gasteiger partial charge in [0.25, 0.3) is 0 Å². The van der Waals surface area contributed by atoms with Crippen LogP contribution in [0, 0.1) is 0 Å². The predicted molar refractivity (Wildman–Crippen MR) is 56.8 cm³/mol. The largest absolute Gasteiger partial charge is 0.466 e. The average Bonchev–Trinajstić information content (AvgIpc) is 2.12. The summed E-state index contributed by atoms with van der Waals surface area (Å²) >= 11 is 5.54. The fourth-order valence-corrected chi connectivity index (χ4v) is 1.29. The second-order valence-corrected chi connectivity index (χ2v) is 3.57. The Morgan fingerprint density at radius 3 is 2.33 bits per heavy atom. The van der Waals surface area contributed by atoms with Gasteiger partial charge in [0.15, 0.2) is 0 Å². The standard InChI is InChI=1S/C10H17ClO4/c1-8(12)14-7-5-10(4-3-6-11)15-9(2)13/h10H,3-7H2,1-2H3. The molecule has 0 saturated heterocycles. The first-order chi connectivity index (χ1) is 7.06. The van der Waals surface area contributed by atoms with Crippen molar-refractivity contribution in [3.05, 3.63) is 0 Å². The van der Waals surface area contributed by atoms with Crippen LogP contribution in [0.3, 0.4) is 0 Å². The lowest BCUT2D eigenvalue weighted by atomic mass is 10.1. The molecular formula is C10H17ClO4. The first-order valence-electron chi connectivity index (χ1n) is 4.92. The van der Waals surface area contributed by atoms with Crippen molar-refractivity contribution < 1.29 is 19.1 Å². The lowest BCUT2D eigenvalue weighted by Gasteiger charge is -2.16. The van der Waals surface area contributed by atoms with Gasteiger partial charge in [-0.3, -0.25) is 9.59 Å². The third kappa shape index (κ3) is 9.53. The summed E-state index contributed by atoms with van der Waals surface area (Å²) in [5.74, 6) is -0.114. The summed E-state index contributed by atoms with van der Waals surface area (Å²) in [6, 6.07) is 0. The molecule has 0 aliphatic rings. The molecule has 0 heterocycles. The monoisotopic (exact) mass is 236 g/mol. The van der Waals surface area contributed by atoms with Crippen LogP contribution in [0.1, 0.15) is 33.1 Å². The Bertz CT molecular complexity index is 206. The Kier molecular flexibility index (Phi) is 8.09. The molecule has 0 rings (SSSR count). The highest BCUT2D eigenvalue weighted by Gasteiger charge is 2.12. The molecule has 0 aromatic heterocycles. The van der Waals surface area contributed by atoms with Gasteiger partial charge in [0.1, 0.15) is 6.10 Å². The molecule has 0 aromatic carbocycles. The Morgan fingerprint density at radius 2 is 1.87 bits per heavy atom. The third-order valence-corrected chi connectivity index (χ3v) is 2.00. The summed E-state index contributed by atoms with van der Waals surface area (Å²) in [6.45, 7) is 2.98. The molecular weight excluding hydrogens is 220 g/mol. The lowest BCUT2D eigenvalue weighted by molar-refractivity contribution is -0.148. The van der Waals surface area contributed by atoms with Gasteiger partial charge in [0.2, 0.25) is 0 Å². The maximum absolute atomic E-state index is 10.8. The molecule has 1 unspecified atom stereocenters. The second kappa shape index (κ2) is 8.53. The Hall–Kier alpha value is -0.770. The van der Waals surface area contributed by atoms with Gasteiger partial charge in [-0.2, -0.15) is 0 Å². The minimum atomic E-state index is -0.325. The van der Waals surface area contributed by atoms with Crippen LogP contribution in [0.4, 0.5) is 0 Å². The molecule has 0 spiro atoms. The van der Waals surface area contributed by atoms with E-state index in [2.05, 4.69) is 0 Å². The maximum Gasteiger partial charge on any atom is 0.302 e. The van der Waals surface area contributed by atoms with E-state index in [1.807, 2.05) is 0 Å². The summed E-state index contributed by atoms with van der Waals surface area (Å²) in [4.78, 5) is 21.3. The van der Waals surface area contributed by atoms with Crippen molar-refractivity contribution >= 4 is 23.5 Å². The van der Waals surface area contributed by atoms with Crippen LogP contribution >= 0.6 is 11.6 Å². The van der Waals surface area contributed by atoms with Gasteiger partial charge in [-0.25, -0.2) is 0 Å². The van der Waals surface area contributed by atoms with E-state index >= 15 is 0 Å². The van der Waals surface area contributed by atoms with Crippen LogP contribution in [-0.4, -0.2) is 30.5 Å². The van der Waals surface area contributed by atoms with E-state index in [1.54, 1.807) is 0 Å². The zero-order valence-corrected chi connectivity index (χ0v) is 9.88. The minimum absolute atomic E-state index is 0.208. The normalized spacial score (nSPS) is 11.9. The molecule has 88 valence electrons. The SMILES string of the molecule is CC(=O)OCCC(CCCCl)OC(C)=O. The number of hydrogen-bond donors (Lipinski definition) is 0. The number of halogens is 1. The summed E-state index contributed by atoms with van der Waals surface area (Å²) < 4.78 is 9.82. The molecule has 0 fully saturated rings. The fourth-order valence-electron chi connectivity index (χ4n) is 1.14. The van der Waals surface area contributed by atoms with Gasteiger partial charge in [0, 0.05) is 26.1 Å². The minimum Gasteiger partial charge on any atom is -0.466 e. The van der Waals surface area contributed by atoms with E-state index in [0.29, 0.717) is 18.7 Å². The number of carbonyl (C=O) groups excluding carboxylic acids is 2. The van der Waals surface area contributed by atoms with Gasteiger partial charge in [-0.1, -0.05) is 0 Å². The number of rotatable bonds is 7. The number of hydrogen-bond acceptors (Lipinski definition) is 4. The van der Waals surface area contributed by atoms with Crippen molar-refractivity contribution in [2.24, 2.45) is 0 Å². The number of alkyl halides is 1.